The summed E-state index contributed by atoms with van der Waals surface area (Å²) in [4.78, 5) is 22.6. The first-order valence-corrected chi connectivity index (χ1v) is 7.51. The van der Waals surface area contributed by atoms with E-state index in [1.165, 1.54) is 13.0 Å². The van der Waals surface area contributed by atoms with Crippen LogP contribution in [0.4, 0.5) is 5.69 Å². The monoisotopic (exact) mass is 299 g/mol. The molecule has 0 bridgehead atoms. The quantitative estimate of drug-likeness (QED) is 0.514. The number of anilines is 1. The van der Waals surface area contributed by atoms with Crippen molar-refractivity contribution in [2.45, 2.75) is 26.2 Å². The van der Waals surface area contributed by atoms with Crippen LogP contribution in [0.25, 0.3) is 6.08 Å². The van der Waals surface area contributed by atoms with E-state index < -0.39 is 0 Å². The van der Waals surface area contributed by atoms with Gasteiger partial charge in [-0.1, -0.05) is 24.3 Å². The first-order chi connectivity index (χ1) is 10.6. The number of allylic oxidation sites excluding steroid dienone is 2. The van der Waals surface area contributed by atoms with Crippen LogP contribution in [0.15, 0.2) is 42.5 Å². The Balaban J connectivity index is 1.79. The fraction of sp³-hybridized carbons (Fsp3) is 0.333. The minimum Gasteiger partial charge on any atom is -0.462 e. The van der Waals surface area contributed by atoms with Crippen molar-refractivity contribution < 1.29 is 14.3 Å². The summed E-state index contributed by atoms with van der Waals surface area (Å²) in [5.74, 6) is 0.0178. The minimum atomic E-state index is -0.319. The maximum atomic E-state index is 11.7. The fourth-order valence-corrected chi connectivity index (χ4v) is 2.30. The van der Waals surface area contributed by atoms with Gasteiger partial charge in [-0.3, -0.25) is 4.79 Å². The molecule has 0 aliphatic heterocycles. The van der Waals surface area contributed by atoms with E-state index in [0.29, 0.717) is 12.5 Å². The number of ether oxygens (including phenoxy) is 1. The summed E-state index contributed by atoms with van der Waals surface area (Å²) >= 11 is 0. The average Bonchev–Trinajstić information content (AvgIpc) is 2.53. The van der Waals surface area contributed by atoms with E-state index in [-0.39, 0.29) is 11.9 Å². The zero-order chi connectivity index (χ0) is 15.8. The van der Waals surface area contributed by atoms with Gasteiger partial charge in [-0.25, -0.2) is 4.79 Å². The van der Waals surface area contributed by atoms with Gasteiger partial charge in [-0.15, -0.1) is 0 Å². The summed E-state index contributed by atoms with van der Waals surface area (Å²) < 4.78 is 5.26. The molecular formula is C18H21NO3. The highest BCUT2D eigenvalue weighted by atomic mass is 16.5. The third kappa shape index (κ3) is 5.56. The van der Waals surface area contributed by atoms with Gasteiger partial charge in [-0.05, 0) is 49.0 Å². The van der Waals surface area contributed by atoms with E-state index in [1.807, 2.05) is 12.1 Å². The van der Waals surface area contributed by atoms with Gasteiger partial charge in [-0.2, -0.15) is 0 Å². The van der Waals surface area contributed by atoms with Crippen molar-refractivity contribution >= 4 is 23.6 Å². The van der Waals surface area contributed by atoms with Gasteiger partial charge in [0.2, 0.25) is 5.91 Å². The van der Waals surface area contributed by atoms with Crippen molar-refractivity contribution in [2.24, 2.45) is 5.92 Å². The number of carbonyl (C=O) groups excluding carboxylic acids is 2. The van der Waals surface area contributed by atoms with E-state index in [2.05, 4.69) is 17.5 Å². The second-order valence-corrected chi connectivity index (χ2v) is 5.42. The summed E-state index contributed by atoms with van der Waals surface area (Å²) in [6.07, 6.45) is 10.6. The molecule has 0 aromatic heterocycles. The van der Waals surface area contributed by atoms with Crippen LogP contribution in [0.3, 0.4) is 0 Å². The molecule has 0 heterocycles. The molecule has 1 aliphatic carbocycles. The number of hydrogen-bond acceptors (Lipinski definition) is 3. The third-order valence-electron chi connectivity index (χ3n) is 3.48. The molecule has 1 aromatic rings. The molecule has 1 aliphatic rings. The Morgan fingerprint density at radius 1 is 1.27 bits per heavy atom. The lowest BCUT2D eigenvalue weighted by molar-refractivity contribution is -0.139. The van der Waals surface area contributed by atoms with Gasteiger partial charge in [0.15, 0.2) is 0 Å². The van der Waals surface area contributed by atoms with Crippen molar-refractivity contribution in [1.82, 2.24) is 0 Å². The Labute approximate surface area is 130 Å². The predicted molar refractivity (Wildman–Crippen MR) is 87.2 cm³/mol. The maximum absolute atomic E-state index is 11.7. The Morgan fingerprint density at radius 3 is 2.68 bits per heavy atom. The number of rotatable bonds is 5. The SMILES string of the molecule is CC(=O)Nc1ccc(/C=C/C(=O)OCC2CC=CCC2)cc1. The van der Waals surface area contributed by atoms with Gasteiger partial charge in [0.05, 0.1) is 6.61 Å². The van der Waals surface area contributed by atoms with Gasteiger partial charge in [0, 0.05) is 18.7 Å². The number of amides is 1. The van der Waals surface area contributed by atoms with E-state index >= 15 is 0 Å². The zero-order valence-corrected chi connectivity index (χ0v) is 12.7. The van der Waals surface area contributed by atoms with Gasteiger partial charge in [0.1, 0.15) is 0 Å². The van der Waals surface area contributed by atoms with E-state index in [0.717, 1.165) is 30.5 Å². The number of nitrogens with one attached hydrogen (secondary N) is 1. The molecule has 0 radical (unpaired) electrons. The van der Waals surface area contributed by atoms with Crippen molar-refractivity contribution in [3.05, 3.63) is 48.1 Å². The summed E-state index contributed by atoms with van der Waals surface area (Å²) in [7, 11) is 0. The zero-order valence-electron chi connectivity index (χ0n) is 12.7. The van der Waals surface area contributed by atoms with Crippen LogP contribution in [0.1, 0.15) is 31.7 Å². The smallest absolute Gasteiger partial charge is 0.330 e. The number of carbonyl (C=O) groups is 2. The van der Waals surface area contributed by atoms with Crippen LogP contribution in [0.5, 0.6) is 0 Å². The molecule has 0 spiro atoms. The molecule has 116 valence electrons. The molecule has 2 rings (SSSR count). The first kappa shape index (κ1) is 16.0. The first-order valence-electron chi connectivity index (χ1n) is 7.51. The van der Waals surface area contributed by atoms with Gasteiger partial charge >= 0.3 is 5.97 Å². The molecule has 1 aromatic carbocycles. The molecule has 1 N–H and O–H groups in total. The fourth-order valence-electron chi connectivity index (χ4n) is 2.30. The van der Waals surface area contributed by atoms with Crippen LogP contribution in [-0.2, 0) is 14.3 Å². The highest BCUT2D eigenvalue weighted by Crippen LogP contribution is 2.18. The number of benzene rings is 1. The molecule has 22 heavy (non-hydrogen) atoms. The topological polar surface area (TPSA) is 55.4 Å². The van der Waals surface area contributed by atoms with Gasteiger partial charge < -0.3 is 10.1 Å². The Morgan fingerprint density at radius 2 is 2.05 bits per heavy atom. The van der Waals surface area contributed by atoms with Crippen LogP contribution >= 0.6 is 0 Å². The molecular weight excluding hydrogens is 278 g/mol. The van der Waals surface area contributed by atoms with Crippen molar-refractivity contribution in [1.29, 1.82) is 0 Å². The second-order valence-electron chi connectivity index (χ2n) is 5.42. The van der Waals surface area contributed by atoms with Crippen LogP contribution < -0.4 is 5.32 Å². The van der Waals surface area contributed by atoms with E-state index in [9.17, 15) is 9.59 Å². The molecule has 0 saturated heterocycles. The normalized spacial score (nSPS) is 17.4. The van der Waals surface area contributed by atoms with Crippen molar-refractivity contribution in [3.8, 4) is 0 Å². The van der Waals surface area contributed by atoms with Crippen LogP contribution in [0, 0.1) is 5.92 Å². The lowest BCUT2D eigenvalue weighted by atomic mass is 9.95. The molecule has 1 atom stereocenters. The Hall–Kier alpha value is -2.36. The number of esters is 1. The predicted octanol–water partition coefficient (Wildman–Crippen LogP) is 3.56. The largest absolute Gasteiger partial charge is 0.462 e. The maximum Gasteiger partial charge on any atom is 0.330 e. The lowest BCUT2D eigenvalue weighted by Gasteiger charge is -2.16. The molecule has 1 unspecified atom stereocenters. The van der Waals surface area contributed by atoms with E-state index in [4.69, 9.17) is 4.74 Å². The van der Waals surface area contributed by atoms with E-state index in [1.54, 1.807) is 18.2 Å². The third-order valence-corrected chi connectivity index (χ3v) is 3.48. The lowest BCUT2D eigenvalue weighted by Crippen LogP contribution is -2.13. The van der Waals surface area contributed by atoms with Crippen LogP contribution in [0.2, 0.25) is 0 Å². The molecule has 4 heteroatoms. The Bertz CT molecular complexity index is 572. The summed E-state index contributed by atoms with van der Waals surface area (Å²) in [6, 6.07) is 7.25. The van der Waals surface area contributed by atoms with Crippen molar-refractivity contribution in [2.75, 3.05) is 11.9 Å². The van der Waals surface area contributed by atoms with Gasteiger partial charge in [0.25, 0.3) is 0 Å². The Kier molecular flexibility index (Phi) is 5.95. The molecule has 0 saturated carbocycles. The second kappa shape index (κ2) is 8.17. The summed E-state index contributed by atoms with van der Waals surface area (Å²) in [6.45, 7) is 1.95. The highest BCUT2D eigenvalue weighted by molar-refractivity contribution is 5.89. The number of hydrogen-bond donors (Lipinski definition) is 1. The average molecular weight is 299 g/mol. The van der Waals surface area contributed by atoms with Crippen LogP contribution in [-0.4, -0.2) is 18.5 Å². The molecule has 4 nitrogen and oxygen atoms in total. The highest BCUT2D eigenvalue weighted by Gasteiger charge is 2.11. The molecule has 0 fully saturated rings. The van der Waals surface area contributed by atoms with Crippen molar-refractivity contribution in [3.63, 3.8) is 0 Å². The summed E-state index contributed by atoms with van der Waals surface area (Å²) in [5.41, 5.74) is 1.62. The summed E-state index contributed by atoms with van der Waals surface area (Å²) in [5, 5.41) is 2.69. The standard InChI is InChI=1S/C18H21NO3/c1-14(20)19-17-10-7-15(8-11-17)9-12-18(21)22-13-16-5-3-2-4-6-16/h2-3,7-12,16H,4-6,13H2,1H3,(H,19,20)/b12-9+. The minimum absolute atomic E-state index is 0.107. The molecule has 1 amide bonds.